The molecular weight excluding hydrogens is 1030 g/mol. The van der Waals surface area contributed by atoms with Gasteiger partial charge in [0.25, 0.3) is 0 Å². The van der Waals surface area contributed by atoms with E-state index in [1.807, 2.05) is 18.3 Å². The van der Waals surface area contributed by atoms with E-state index in [1.54, 1.807) is 0 Å². The SMILES string of the molecule is CCC(C)(C)c1ccc(N(Cc2cc(C(C)(C)C)cc(C(C)(C)C)c2O)c2cccc(-c3[c-]c(-c4cc(-c5ccc(-c6ccccc6)cc5)ccn4)cc(C(C)(C)C)c3)c2[NH-])c(-c2ccccc2)c1.[Pt+2]. The summed E-state index contributed by atoms with van der Waals surface area (Å²) in [5, 5.41) is 12.3. The summed E-state index contributed by atoms with van der Waals surface area (Å²) >= 11 is 0. The number of aromatic nitrogens is 1. The van der Waals surface area contributed by atoms with Crippen LogP contribution in [0.1, 0.15) is 117 Å². The number of rotatable bonds is 11. The minimum atomic E-state index is -0.305. The molecule has 0 saturated carbocycles. The van der Waals surface area contributed by atoms with Crippen LogP contribution < -0.4 is 4.90 Å². The molecule has 0 fully saturated rings. The summed E-state index contributed by atoms with van der Waals surface area (Å²) in [6.45, 7) is 27.0. The molecule has 5 heteroatoms. The van der Waals surface area contributed by atoms with Gasteiger partial charge in [-0.1, -0.05) is 209 Å². The van der Waals surface area contributed by atoms with Gasteiger partial charge in [-0.15, -0.1) is 35.0 Å². The van der Waals surface area contributed by atoms with Crippen LogP contribution in [0.4, 0.5) is 17.1 Å². The Labute approximate surface area is 433 Å². The van der Waals surface area contributed by atoms with Crippen LogP contribution in [0, 0.1) is 6.07 Å². The second-order valence-corrected chi connectivity index (χ2v) is 22.5. The maximum atomic E-state index is 12.3. The van der Waals surface area contributed by atoms with Crippen LogP contribution in [0.2, 0.25) is 0 Å². The number of benzene rings is 7. The minimum Gasteiger partial charge on any atom is -0.703 e. The number of phenolic OH excluding ortho intramolecular Hbond substituents is 1. The van der Waals surface area contributed by atoms with E-state index in [0.717, 1.165) is 84.7 Å². The molecular formula is C65H69N3OPt. The monoisotopic (exact) mass is 1100 g/mol. The molecule has 0 unspecified atom stereocenters. The zero-order valence-corrected chi connectivity index (χ0v) is 45.4. The van der Waals surface area contributed by atoms with Gasteiger partial charge in [0.15, 0.2) is 0 Å². The predicted molar refractivity (Wildman–Crippen MR) is 294 cm³/mol. The van der Waals surface area contributed by atoms with Gasteiger partial charge < -0.3 is 15.7 Å². The molecule has 0 aliphatic rings. The Hall–Kier alpha value is -6.22. The van der Waals surface area contributed by atoms with E-state index >= 15 is 0 Å². The summed E-state index contributed by atoms with van der Waals surface area (Å²) < 4.78 is 0. The molecule has 8 rings (SSSR count). The molecule has 1 heterocycles. The molecule has 0 spiro atoms. The normalized spacial score (nSPS) is 12.1. The molecule has 0 aliphatic heterocycles. The molecule has 0 radical (unpaired) electrons. The fourth-order valence-electron chi connectivity index (χ4n) is 9.05. The van der Waals surface area contributed by atoms with E-state index < -0.39 is 0 Å². The van der Waals surface area contributed by atoms with E-state index in [9.17, 15) is 10.8 Å². The fourth-order valence-corrected chi connectivity index (χ4v) is 9.05. The van der Waals surface area contributed by atoms with Gasteiger partial charge in [0.2, 0.25) is 0 Å². The van der Waals surface area contributed by atoms with Crippen LogP contribution in [0.25, 0.3) is 61.5 Å². The average Bonchev–Trinajstić information content (AvgIpc) is 3.33. The summed E-state index contributed by atoms with van der Waals surface area (Å²) in [6.07, 6.45) is 2.87. The summed E-state index contributed by atoms with van der Waals surface area (Å²) in [5.41, 5.74) is 27.0. The van der Waals surface area contributed by atoms with Crippen molar-refractivity contribution >= 4 is 17.1 Å². The second-order valence-electron chi connectivity index (χ2n) is 22.5. The van der Waals surface area contributed by atoms with Crippen LogP contribution in [-0.2, 0) is 49.3 Å². The van der Waals surface area contributed by atoms with Crippen LogP contribution in [0.3, 0.4) is 0 Å². The van der Waals surface area contributed by atoms with Gasteiger partial charge in [-0.3, -0.25) is 4.98 Å². The third-order valence-electron chi connectivity index (χ3n) is 13.9. The van der Waals surface area contributed by atoms with Crippen molar-refractivity contribution in [1.82, 2.24) is 4.98 Å². The predicted octanol–water partition coefficient (Wildman–Crippen LogP) is 18.5. The van der Waals surface area contributed by atoms with Crippen LogP contribution in [-0.4, -0.2) is 10.1 Å². The zero-order chi connectivity index (χ0) is 49.5. The molecule has 0 aliphatic carbocycles. The smallest absolute Gasteiger partial charge is 0.703 e. The Bertz CT molecular complexity index is 3100. The molecule has 7 aromatic carbocycles. The van der Waals surface area contributed by atoms with Gasteiger partial charge in [-0.05, 0) is 103 Å². The van der Waals surface area contributed by atoms with Gasteiger partial charge in [0, 0.05) is 34.4 Å². The van der Waals surface area contributed by atoms with Crippen molar-refractivity contribution in [2.45, 2.75) is 118 Å². The minimum absolute atomic E-state index is 0. The quantitative estimate of drug-likeness (QED) is 0.131. The Balaban J connectivity index is 0.00000722. The Morgan fingerprint density at radius 1 is 0.514 bits per heavy atom. The number of pyridine rings is 1. The Kier molecular flexibility index (Phi) is 14.9. The van der Waals surface area contributed by atoms with Gasteiger partial charge in [-0.2, -0.15) is 0 Å². The molecule has 8 aromatic rings. The second kappa shape index (κ2) is 20.2. The van der Waals surface area contributed by atoms with E-state index in [4.69, 9.17) is 4.98 Å². The van der Waals surface area contributed by atoms with Crippen molar-refractivity contribution in [3.8, 4) is 61.5 Å². The first-order valence-electron chi connectivity index (χ1n) is 24.5. The summed E-state index contributed by atoms with van der Waals surface area (Å²) in [5.74, 6) is 0.297. The van der Waals surface area contributed by atoms with Crippen LogP contribution in [0.15, 0.2) is 164 Å². The van der Waals surface area contributed by atoms with E-state index in [2.05, 4.69) is 240 Å². The van der Waals surface area contributed by atoms with Crippen molar-refractivity contribution in [3.63, 3.8) is 0 Å². The molecule has 0 bridgehead atoms. The maximum absolute atomic E-state index is 12.3. The fraction of sp³-hybridized carbons (Fsp3) is 0.277. The third kappa shape index (κ3) is 11.0. The van der Waals surface area contributed by atoms with Crippen molar-refractivity contribution in [2.24, 2.45) is 0 Å². The van der Waals surface area contributed by atoms with Crippen molar-refractivity contribution in [1.29, 1.82) is 0 Å². The van der Waals surface area contributed by atoms with Gasteiger partial charge in [-0.25, -0.2) is 0 Å². The first-order chi connectivity index (χ1) is 32.6. The summed E-state index contributed by atoms with van der Waals surface area (Å²) in [6, 6.07) is 59.5. The van der Waals surface area contributed by atoms with Gasteiger partial charge in [0.05, 0.1) is 6.54 Å². The van der Waals surface area contributed by atoms with E-state index in [0.29, 0.717) is 18.0 Å². The van der Waals surface area contributed by atoms with E-state index in [-0.39, 0.29) is 42.7 Å². The molecule has 0 atom stereocenters. The largest absolute Gasteiger partial charge is 2.00 e. The molecule has 360 valence electrons. The van der Waals surface area contributed by atoms with Crippen molar-refractivity contribution in [2.75, 3.05) is 4.90 Å². The summed E-state index contributed by atoms with van der Waals surface area (Å²) in [7, 11) is 0. The number of nitrogens with zero attached hydrogens (tertiary/aromatic N) is 2. The third-order valence-corrected chi connectivity index (χ3v) is 13.9. The molecule has 0 saturated heterocycles. The topological polar surface area (TPSA) is 60.2 Å². The number of anilines is 2. The molecule has 1 aromatic heterocycles. The first kappa shape index (κ1) is 51.6. The average molecular weight is 1100 g/mol. The number of phenols is 1. The first-order valence-corrected chi connectivity index (χ1v) is 24.5. The standard InChI is InChI=1S/C65H69N3O.Pt/c1-13-65(11,12)51-31-32-58(55(40-51)46-23-18-15-19-24-46)68(42-50-38-53(63(5,6)7)41-56(61(50)69)64(8,9)10)59-26-20-25-54(60(59)66)48-35-49(37-52(36-48)62(2,3)4)57-39-47(33-34-67-57)45-29-27-44(28-30-45)43-21-16-14-17-22-43;/h14-34,36-41,66,69H,13,42H2,1-12H3;/q-2;+2. The Morgan fingerprint density at radius 2 is 1.09 bits per heavy atom. The van der Waals surface area contributed by atoms with E-state index in [1.165, 1.54) is 16.7 Å². The molecule has 4 nitrogen and oxygen atoms in total. The summed E-state index contributed by atoms with van der Waals surface area (Å²) in [4.78, 5) is 7.19. The van der Waals surface area contributed by atoms with Gasteiger partial charge >= 0.3 is 21.1 Å². The molecule has 0 amide bonds. The zero-order valence-electron chi connectivity index (χ0n) is 43.2. The van der Waals surface area contributed by atoms with Crippen LogP contribution >= 0.6 is 0 Å². The van der Waals surface area contributed by atoms with Crippen molar-refractivity contribution < 1.29 is 26.2 Å². The number of hydrogen-bond donors (Lipinski definition) is 1. The number of nitrogens with one attached hydrogen (secondary N) is 1. The Morgan fingerprint density at radius 3 is 1.69 bits per heavy atom. The maximum Gasteiger partial charge on any atom is 2.00 e. The van der Waals surface area contributed by atoms with Crippen molar-refractivity contribution in [3.05, 3.63) is 204 Å². The van der Waals surface area contributed by atoms with Gasteiger partial charge in [0.1, 0.15) is 5.75 Å². The number of aromatic hydroxyl groups is 1. The molecule has 70 heavy (non-hydrogen) atoms. The van der Waals surface area contributed by atoms with Crippen LogP contribution in [0.5, 0.6) is 5.75 Å². The number of hydrogen-bond acceptors (Lipinski definition) is 3. The molecule has 2 N–H and O–H groups in total.